The Balaban J connectivity index is 1.72. The molecule has 1 heterocycles. The molecule has 2 amide bonds. The van der Waals surface area contributed by atoms with Crippen molar-refractivity contribution in [3.8, 4) is 11.1 Å². The van der Waals surface area contributed by atoms with E-state index in [1.807, 2.05) is 54.6 Å². The average molecular weight is 381 g/mol. The summed E-state index contributed by atoms with van der Waals surface area (Å²) < 4.78 is 4.67. The van der Waals surface area contributed by atoms with Gasteiger partial charge in [0.25, 0.3) is 0 Å². The molecule has 2 aromatic carbocycles. The van der Waals surface area contributed by atoms with E-state index in [1.165, 1.54) is 7.11 Å². The number of para-hydroxylation sites is 1. The summed E-state index contributed by atoms with van der Waals surface area (Å²) in [5.41, 5.74) is 2.61. The summed E-state index contributed by atoms with van der Waals surface area (Å²) in [6.45, 7) is 0.934. The van der Waals surface area contributed by atoms with E-state index in [0.29, 0.717) is 18.8 Å². The molecule has 1 fully saturated rings. The second kappa shape index (κ2) is 9.14. The highest BCUT2D eigenvalue weighted by Gasteiger charge is 2.33. The molecule has 1 aliphatic heterocycles. The SMILES string of the molecule is COC(=O)CC1C(=O)NCCN1CC(=O)Nc1ccccc1-c1ccccc1. The largest absolute Gasteiger partial charge is 0.469 e. The smallest absolute Gasteiger partial charge is 0.307 e. The number of hydrogen-bond donors (Lipinski definition) is 2. The lowest BCUT2D eigenvalue weighted by Crippen LogP contribution is -2.57. The van der Waals surface area contributed by atoms with Crippen molar-refractivity contribution in [1.82, 2.24) is 10.2 Å². The van der Waals surface area contributed by atoms with E-state index in [0.717, 1.165) is 11.1 Å². The Labute approximate surface area is 163 Å². The van der Waals surface area contributed by atoms with Crippen molar-refractivity contribution in [1.29, 1.82) is 0 Å². The number of methoxy groups -OCH3 is 1. The third kappa shape index (κ3) is 4.75. The molecule has 0 bridgehead atoms. The van der Waals surface area contributed by atoms with E-state index in [-0.39, 0.29) is 24.8 Å². The van der Waals surface area contributed by atoms with Gasteiger partial charge in [-0.2, -0.15) is 0 Å². The summed E-state index contributed by atoms with van der Waals surface area (Å²) in [6, 6.07) is 16.6. The topological polar surface area (TPSA) is 87.7 Å². The summed E-state index contributed by atoms with van der Waals surface area (Å²) in [5.74, 6) is -0.996. The molecule has 7 heteroatoms. The number of benzene rings is 2. The average Bonchev–Trinajstić information content (AvgIpc) is 2.71. The van der Waals surface area contributed by atoms with Gasteiger partial charge in [-0.1, -0.05) is 48.5 Å². The number of esters is 1. The molecule has 2 N–H and O–H groups in total. The number of carbonyl (C=O) groups is 3. The highest BCUT2D eigenvalue weighted by atomic mass is 16.5. The summed E-state index contributed by atoms with van der Waals surface area (Å²) >= 11 is 0. The fourth-order valence-corrected chi connectivity index (χ4v) is 3.25. The molecule has 2 aromatic rings. The van der Waals surface area contributed by atoms with Gasteiger partial charge in [0.2, 0.25) is 11.8 Å². The van der Waals surface area contributed by atoms with Crippen LogP contribution in [-0.4, -0.2) is 55.5 Å². The zero-order valence-electron chi connectivity index (χ0n) is 15.7. The zero-order valence-corrected chi connectivity index (χ0v) is 15.7. The van der Waals surface area contributed by atoms with E-state index < -0.39 is 12.0 Å². The third-order valence-corrected chi connectivity index (χ3v) is 4.66. The summed E-state index contributed by atoms with van der Waals surface area (Å²) in [6.07, 6.45) is -0.0871. The summed E-state index contributed by atoms with van der Waals surface area (Å²) in [7, 11) is 1.28. The molecule has 146 valence electrons. The predicted molar refractivity (Wildman–Crippen MR) is 106 cm³/mol. The van der Waals surface area contributed by atoms with Crippen molar-refractivity contribution < 1.29 is 19.1 Å². The Kier molecular flexibility index (Phi) is 6.39. The Bertz CT molecular complexity index is 854. The number of carbonyl (C=O) groups excluding carboxylic acids is 3. The van der Waals surface area contributed by atoms with Crippen LogP contribution < -0.4 is 10.6 Å². The maximum absolute atomic E-state index is 12.7. The standard InChI is InChI=1S/C21H23N3O4/c1-28-20(26)13-18-21(27)22-11-12-24(18)14-19(25)23-17-10-6-5-9-16(17)15-7-3-2-4-8-15/h2-10,18H,11-14H2,1H3,(H,22,27)(H,23,25). The van der Waals surface area contributed by atoms with E-state index in [9.17, 15) is 14.4 Å². The maximum Gasteiger partial charge on any atom is 0.307 e. The van der Waals surface area contributed by atoms with Crippen LogP contribution in [0.2, 0.25) is 0 Å². The zero-order chi connectivity index (χ0) is 19.9. The first-order valence-electron chi connectivity index (χ1n) is 9.11. The number of rotatable bonds is 6. The third-order valence-electron chi connectivity index (χ3n) is 4.66. The number of ether oxygens (including phenoxy) is 1. The highest BCUT2D eigenvalue weighted by molar-refractivity contribution is 5.97. The van der Waals surface area contributed by atoms with Gasteiger partial charge in [0, 0.05) is 24.3 Å². The Morgan fingerprint density at radius 1 is 1.14 bits per heavy atom. The molecule has 1 atom stereocenters. The lowest BCUT2D eigenvalue weighted by Gasteiger charge is -2.33. The van der Waals surface area contributed by atoms with Gasteiger partial charge in [-0.15, -0.1) is 0 Å². The minimum atomic E-state index is -0.712. The fourth-order valence-electron chi connectivity index (χ4n) is 3.25. The van der Waals surface area contributed by atoms with E-state index >= 15 is 0 Å². The number of anilines is 1. The van der Waals surface area contributed by atoms with Crippen molar-refractivity contribution in [2.24, 2.45) is 0 Å². The molecule has 1 unspecified atom stereocenters. The first kappa shape index (κ1) is 19.6. The first-order valence-corrected chi connectivity index (χ1v) is 9.11. The molecule has 0 radical (unpaired) electrons. The van der Waals surface area contributed by atoms with Crippen LogP contribution in [0.5, 0.6) is 0 Å². The van der Waals surface area contributed by atoms with Crippen LogP contribution in [0, 0.1) is 0 Å². The second-order valence-corrected chi connectivity index (χ2v) is 6.52. The normalized spacial score (nSPS) is 16.9. The quantitative estimate of drug-likeness (QED) is 0.743. The molecule has 1 aliphatic rings. The number of hydrogen-bond acceptors (Lipinski definition) is 5. The van der Waals surface area contributed by atoms with Crippen LogP contribution in [0.1, 0.15) is 6.42 Å². The maximum atomic E-state index is 12.7. The lowest BCUT2D eigenvalue weighted by atomic mass is 10.0. The molecule has 0 aliphatic carbocycles. The second-order valence-electron chi connectivity index (χ2n) is 6.52. The van der Waals surface area contributed by atoms with Crippen LogP contribution in [0.25, 0.3) is 11.1 Å². The minimum absolute atomic E-state index is 0.0121. The molecule has 7 nitrogen and oxygen atoms in total. The van der Waals surface area contributed by atoms with Gasteiger partial charge in [0.1, 0.15) is 6.04 Å². The summed E-state index contributed by atoms with van der Waals surface area (Å²) in [5, 5.41) is 5.66. The Hall–Kier alpha value is -3.19. The highest BCUT2D eigenvalue weighted by Crippen LogP contribution is 2.27. The predicted octanol–water partition coefficient (Wildman–Crippen LogP) is 1.66. The van der Waals surface area contributed by atoms with Gasteiger partial charge in [-0.05, 0) is 11.6 Å². The Morgan fingerprint density at radius 3 is 2.61 bits per heavy atom. The molecule has 28 heavy (non-hydrogen) atoms. The van der Waals surface area contributed by atoms with Crippen molar-refractivity contribution >= 4 is 23.5 Å². The summed E-state index contributed by atoms with van der Waals surface area (Å²) in [4.78, 5) is 38.1. The van der Waals surface area contributed by atoms with Crippen molar-refractivity contribution in [2.75, 3.05) is 32.1 Å². The van der Waals surface area contributed by atoms with Crippen molar-refractivity contribution in [2.45, 2.75) is 12.5 Å². The van der Waals surface area contributed by atoms with Gasteiger partial charge >= 0.3 is 5.97 Å². The van der Waals surface area contributed by atoms with Crippen molar-refractivity contribution in [3.05, 3.63) is 54.6 Å². The minimum Gasteiger partial charge on any atom is -0.469 e. The lowest BCUT2D eigenvalue weighted by molar-refractivity contribution is -0.146. The fraction of sp³-hybridized carbons (Fsp3) is 0.286. The molecule has 0 saturated carbocycles. The van der Waals surface area contributed by atoms with Crippen LogP contribution in [0.15, 0.2) is 54.6 Å². The molecular formula is C21H23N3O4. The van der Waals surface area contributed by atoms with Gasteiger partial charge in [-0.25, -0.2) is 0 Å². The van der Waals surface area contributed by atoms with Gasteiger partial charge in [0.15, 0.2) is 0 Å². The van der Waals surface area contributed by atoms with Crippen LogP contribution >= 0.6 is 0 Å². The monoisotopic (exact) mass is 381 g/mol. The van der Waals surface area contributed by atoms with Crippen LogP contribution in [0.4, 0.5) is 5.69 Å². The number of amides is 2. The first-order chi connectivity index (χ1) is 13.6. The Morgan fingerprint density at radius 2 is 1.86 bits per heavy atom. The molecule has 0 aromatic heterocycles. The van der Waals surface area contributed by atoms with Gasteiger partial charge in [0.05, 0.1) is 20.1 Å². The van der Waals surface area contributed by atoms with Crippen molar-refractivity contribution in [3.63, 3.8) is 0 Å². The van der Waals surface area contributed by atoms with E-state index in [1.54, 1.807) is 4.90 Å². The van der Waals surface area contributed by atoms with Crippen LogP contribution in [-0.2, 0) is 19.1 Å². The van der Waals surface area contributed by atoms with Gasteiger partial charge < -0.3 is 15.4 Å². The number of piperazine rings is 1. The molecular weight excluding hydrogens is 358 g/mol. The number of nitrogens with zero attached hydrogens (tertiary/aromatic N) is 1. The van der Waals surface area contributed by atoms with E-state index in [4.69, 9.17) is 0 Å². The molecule has 0 spiro atoms. The van der Waals surface area contributed by atoms with Crippen LogP contribution in [0.3, 0.4) is 0 Å². The molecule has 1 saturated heterocycles. The van der Waals surface area contributed by atoms with Gasteiger partial charge in [-0.3, -0.25) is 19.3 Å². The van der Waals surface area contributed by atoms with E-state index in [2.05, 4.69) is 15.4 Å². The number of nitrogens with one attached hydrogen (secondary N) is 2. The molecule has 3 rings (SSSR count).